The summed E-state index contributed by atoms with van der Waals surface area (Å²) in [7, 11) is 1.40. The first-order chi connectivity index (χ1) is 17.4. The molecule has 2 aromatic carbocycles. The van der Waals surface area contributed by atoms with Crippen LogP contribution in [-0.4, -0.2) is 33.6 Å². The zero-order chi connectivity index (χ0) is 25.0. The van der Waals surface area contributed by atoms with E-state index in [1.54, 1.807) is 11.3 Å². The number of anilines is 1. The van der Waals surface area contributed by atoms with Crippen LogP contribution in [0.5, 0.6) is 0 Å². The standard InChI is InChI=1S/C28H27N5O2S/c1-16-17(2)36-28-25(16)26(29-23(13-24(34)35-4)27-31-30-18(3)33(27)28)19-9-11-22(12-10-19)32-14-20-7-5-6-8-21(20)15-32/h5-12,23H,13-15H2,1-4H3/t23-/m0/s1. The van der Waals surface area contributed by atoms with Crippen LogP contribution in [0.25, 0.3) is 5.00 Å². The highest BCUT2D eigenvalue weighted by molar-refractivity contribution is 7.15. The van der Waals surface area contributed by atoms with Crippen LogP contribution in [0.4, 0.5) is 5.69 Å². The second kappa shape index (κ2) is 8.71. The number of aromatic nitrogens is 3. The number of carbonyl (C=O) groups is 1. The van der Waals surface area contributed by atoms with Crippen molar-refractivity contribution in [2.45, 2.75) is 46.3 Å². The van der Waals surface area contributed by atoms with Gasteiger partial charge in [0.25, 0.3) is 0 Å². The highest BCUT2D eigenvalue weighted by Gasteiger charge is 2.32. The molecule has 2 aliphatic rings. The minimum Gasteiger partial charge on any atom is -0.469 e. The molecule has 0 fully saturated rings. The van der Waals surface area contributed by atoms with Gasteiger partial charge in [0.05, 0.1) is 19.2 Å². The quantitative estimate of drug-likeness (QED) is 0.361. The lowest BCUT2D eigenvalue weighted by molar-refractivity contribution is -0.141. The number of aryl methyl sites for hydroxylation is 2. The first kappa shape index (κ1) is 22.7. The number of hydrogen-bond donors (Lipinski definition) is 0. The van der Waals surface area contributed by atoms with Gasteiger partial charge in [0.15, 0.2) is 5.82 Å². The topological polar surface area (TPSA) is 72.6 Å². The van der Waals surface area contributed by atoms with E-state index >= 15 is 0 Å². The summed E-state index contributed by atoms with van der Waals surface area (Å²) in [5.41, 5.74) is 8.11. The Morgan fingerprint density at radius 2 is 1.72 bits per heavy atom. The Hall–Kier alpha value is -3.78. The summed E-state index contributed by atoms with van der Waals surface area (Å²) in [6.07, 6.45) is 0.106. The van der Waals surface area contributed by atoms with E-state index in [0.717, 1.165) is 40.8 Å². The van der Waals surface area contributed by atoms with E-state index in [4.69, 9.17) is 9.73 Å². The average molecular weight is 498 g/mol. The van der Waals surface area contributed by atoms with Crippen molar-refractivity contribution in [1.82, 2.24) is 14.8 Å². The highest BCUT2D eigenvalue weighted by Crippen LogP contribution is 2.40. The molecule has 0 saturated carbocycles. The minimum atomic E-state index is -0.485. The molecule has 2 aromatic heterocycles. The van der Waals surface area contributed by atoms with Crippen LogP contribution >= 0.6 is 11.3 Å². The van der Waals surface area contributed by atoms with Gasteiger partial charge < -0.3 is 9.64 Å². The van der Waals surface area contributed by atoms with Gasteiger partial charge in [-0.2, -0.15) is 0 Å². The average Bonchev–Trinajstić information content (AvgIpc) is 3.55. The molecule has 8 heteroatoms. The predicted molar refractivity (Wildman–Crippen MR) is 141 cm³/mol. The van der Waals surface area contributed by atoms with E-state index in [0.29, 0.717) is 5.82 Å². The van der Waals surface area contributed by atoms with Crippen LogP contribution in [-0.2, 0) is 22.6 Å². The number of rotatable bonds is 4. The molecule has 36 heavy (non-hydrogen) atoms. The molecule has 0 aliphatic carbocycles. The SMILES string of the molecule is COC(=O)C[C@@H]1N=C(c2ccc(N3Cc4ccccc4C3)cc2)c2c(sc(C)c2C)-n2c(C)nnc21. The molecule has 4 aromatic rings. The minimum absolute atomic E-state index is 0.106. The molecule has 0 amide bonds. The zero-order valence-corrected chi connectivity index (χ0v) is 21.6. The fourth-order valence-corrected chi connectivity index (χ4v) is 6.33. The molecule has 1 atom stereocenters. The van der Waals surface area contributed by atoms with Crippen molar-refractivity contribution in [3.63, 3.8) is 0 Å². The molecule has 7 nitrogen and oxygen atoms in total. The molecule has 2 aliphatic heterocycles. The Kier molecular flexibility index (Phi) is 5.48. The van der Waals surface area contributed by atoms with Crippen molar-refractivity contribution in [1.29, 1.82) is 0 Å². The lowest BCUT2D eigenvalue weighted by atomic mass is 9.99. The van der Waals surface area contributed by atoms with Gasteiger partial charge in [-0.05, 0) is 49.6 Å². The number of hydrogen-bond acceptors (Lipinski definition) is 7. The summed E-state index contributed by atoms with van der Waals surface area (Å²) in [6.45, 7) is 8.03. The molecule has 0 N–H and O–H groups in total. The molecular weight excluding hydrogens is 470 g/mol. The third kappa shape index (κ3) is 3.64. The van der Waals surface area contributed by atoms with Crippen LogP contribution in [0.2, 0.25) is 0 Å². The van der Waals surface area contributed by atoms with Crippen molar-refractivity contribution >= 4 is 28.7 Å². The number of methoxy groups -OCH3 is 1. The Labute approximate surface area is 214 Å². The van der Waals surface area contributed by atoms with Gasteiger partial charge in [-0.25, -0.2) is 0 Å². The number of thiophene rings is 1. The van der Waals surface area contributed by atoms with Gasteiger partial charge in [-0.15, -0.1) is 21.5 Å². The lowest BCUT2D eigenvalue weighted by Crippen LogP contribution is -2.15. The highest BCUT2D eigenvalue weighted by atomic mass is 32.1. The van der Waals surface area contributed by atoms with Gasteiger partial charge >= 0.3 is 5.97 Å². The second-order valence-electron chi connectivity index (χ2n) is 9.35. The number of nitrogens with zero attached hydrogens (tertiary/aromatic N) is 5. The maximum Gasteiger partial charge on any atom is 0.308 e. The molecular formula is C28H27N5O2S. The number of ether oxygens (including phenoxy) is 1. The Morgan fingerprint density at radius 1 is 1.03 bits per heavy atom. The molecule has 182 valence electrons. The Morgan fingerprint density at radius 3 is 2.39 bits per heavy atom. The van der Waals surface area contributed by atoms with Crippen molar-refractivity contribution < 1.29 is 9.53 Å². The third-order valence-electron chi connectivity index (χ3n) is 7.17. The van der Waals surface area contributed by atoms with Gasteiger partial charge in [-0.3, -0.25) is 14.4 Å². The molecule has 0 bridgehead atoms. The monoisotopic (exact) mass is 497 g/mol. The number of carbonyl (C=O) groups excluding carboxylic acids is 1. The summed E-state index contributed by atoms with van der Waals surface area (Å²) >= 11 is 1.71. The van der Waals surface area contributed by atoms with Gasteiger partial charge in [0, 0.05) is 34.8 Å². The van der Waals surface area contributed by atoms with Crippen LogP contribution in [0.15, 0.2) is 53.5 Å². The summed E-state index contributed by atoms with van der Waals surface area (Å²) in [6, 6.07) is 16.7. The second-order valence-corrected chi connectivity index (χ2v) is 10.6. The van der Waals surface area contributed by atoms with Gasteiger partial charge in [0.2, 0.25) is 0 Å². The molecule has 0 spiro atoms. The summed E-state index contributed by atoms with van der Waals surface area (Å²) in [5.74, 6) is 1.13. The smallest absolute Gasteiger partial charge is 0.308 e. The molecule has 4 heterocycles. The van der Waals surface area contributed by atoms with Crippen molar-refractivity contribution in [2.75, 3.05) is 12.0 Å². The molecule has 0 radical (unpaired) electrons. The van der Waals surface area contributed by atoms with Gasteiger partial charge in [-0.1, -0.05) is 36.4 Å². The third-order valence-corrected chi connectivity index (χ3v) is 8.37. The van der Waals surface area contributed by atoms with E-state index < -0.39 is 6.04 Å². The van der Waals surface area contributed by atoms with Crippen molar-refractivity contribution in [2.24, 2.45) is 4.99 Å². The van der Waals surface area contributed by atoms with Crippen LogP contribution < -0.4 is 4.90 Å². The molecule has 0 unspecified atom stereocenters. The summed E-state index contributed by atoms with van der Waals surface area (Å²) in [5, 5.41) is 9.81. The van der Waals surface area contributed by atoms with Crippen molar-refractivity contribution in [3.8, 4) is 5.00 Å². The fourth-order valence-electron chi connectivity index (χ4n) is 5.11. The number of benzene rings is 2. The first-order valence-corrected chi connectivity index (χ1v) is 12.9. The number of fused-ring (bicyclic) bond motifs is 4. The first-order valence-electron chi connectivity index (χ1n) is 12.0. The maximum atomic E-state index is 12.3. The van der Waals surface area contributed by atoms with E-state index in [1.165, 1.54) is 34.4 Å². The van der Waals surface area contributed by atoms with Crippen molar-refractivity contribution in [3.05, 3.63) is 92.9 Å². The predicted octanol–water partition coefficient (Wildman–Crippen LogP) is 5.23. The van der Waals surface area contributed by atoms with Gasteiger partial charge in [0.1, 0.15) is 16.9 Å². The lowest BCUT2D eigenvalue weighted by Gasteiger charge is -2.18. The Bertz CT molecular complexity index is 1490. The van der Waals surface area contributed by atoms with E-state index in [1.807, 2.05) is 6.92 Å². The normalized spacial score (nSPS) is 16.2. The van der Waals surface area contributed by atoms with Crippen LogP contribution in [0, 0.1) is 20.8 Å². The fraction of sp³-hybridized carbons (Fsp3) is 0.286. The summed E-state index contributed by atoms with van der Waals surface area (Å²) in [4.78, 5) is 21.1. The van der Waals surface area contributed by atoms with E-state index in [9.17, 15) is 4.79 Å². The Balaban J connectivity index is 1.43. The maximum absolute atomic E-state index is 12.3. The number of esters is 1. The van der Waals surface area contributed by atoms with E-state index in [-0.39, 0.29) is 12.4 Å². The van der Waals surface area contributed by atoms with Crippen LogP contribution in [0.1, 0.15) is 56.8 Å². The molecule has 0 saturated heterocycles. The largest absolute Gasteiger partial charge is 0.469 e. The number of aliphatic imine (C=N–C) groups is 1. The van der Waals surface area contributed by atoms with E-state index in [2.05, 4.69) is 82.0 Å². The van der Waals surface area contributed by atoms with Crippen LogP contribution in [0.3, 0.4) is 0 Å². The molecule has 6 rings (SSSR count). The summed E-state index contributed by atoms with van der Waals surface area (Å²) < 4.78 is 7.04. The zero-order valence-electron chi connectivity index (χ0n) is 20.8.